The van der Waals surface area contributed by atoms with Gasteiger partial charge in [0, 0.05) is 13.0 Å². The van der Waals surface area contributed by atoms with Crippen LogP contribution < -0.4 is 10.6 Å². The first-order valence-corrected chi connectivity index (χ1v) is 5.22. The number of unbranched alkanes of at least 4 members (excludes halogenated alkanes) is 2. The van der Waals surface area contributed by atoms with Gasteiger partial charge in [-0.25, -0.2) is 4.79 Å². The van der Waals surface area contributed by atoms with Crippen molar-refractivity contribution in [1.82, 2.24) is 10.6 Å². The third-order valence-electron chi connectivity index (χ3n) is 1.85. The summed E-state index contributed by atoms with van der Waals surface area (Å²) in [5, 5.41) is 21.0. The van der Waals surface area contributed by atoms with Gasteiger partial charge in [-0.1, -0.05) is 6.42 Å². The first kappa shape index (κ1) is 14.9. The van der Waals surface area contributed by atoms with Gasteiger partial charge < -0.3 is 10.4 Å². The summed E-state index contributed by atoms with van der Waals surface area (Å²) in [5.74, 6) is -1.48. The van der Waals surface area contributed by atoms with E-state index >= 15 is 0 Å². The SMILES string of the molecule is N#CCC(=O)NC(=O)NCCCCCC(=O)O. The van der Waals surface area contributed by atoms with Crippen molar-refractivity contribution in [3.05, 3.63) is 0 Å². The molecule has 0 saturated heterocycles. The molecule has 0 radical (unpaired) electrons. The van der Waals surface area contributed by atoms with Crippen molar-refractivity contribution in [2.75, 3.05) is 6.54 Å². The van der Waals surface area contributed by atoms with Crippen LogP contribution in [0.5, 0.6) is 0 Å². The molecule has 94 valence electrons. The molecule has 3 amide bonds. The Kier molecular flexibility index (Phi) is 8.02. The highest BCUT2D eigenvalue weighted by molar-refractivity contribution is 5.95. The molecule has 0 fully saturated rings. The number of urea groups is 1. The molecule has 3 N–H and O–H groups in total. The Balaban J connectivity index is 3.43. The number of nitriles is 1. The average Bonchev–Trinajstić information content (AvgIpc) is 2.23. The molecule has 0 aliphatic heterocycles. The highest BCUT2D eigenvalue weighted by Gasteiger charge is 2.05. The summed E-state index contributed by atoms with van der Waals surface area (Å²) in [6, 6.07) is 0.984. The van der Waals surface area contributed by atoms with Crippen molar-refractivity contribution in [2.24, 2.45) is 0 Å². The number of carbonyl (C=O) groups is 3. The molecule has 7 nitrogen and oxygen atoms in total. The molecule has 7 heteroatoms. The Morgan fingerprint density at radius 1 is 1.18 bits per heavy atom. The second-order valence-corrected chi connectivity index (χ2v) is 3.34. The second-order valence-electron chi connectivity index (χ2n) is 3.34. The minimum Gasteiger partial charge on any atom is -0.481 e. The van der Waals surface area contributed by atoms with Crippen LogP contribution in [-0.2, 0) is 9.59 Å². The fourth-order valence-electron chi connectivity index (χ4n) is 1.07. The van der Waals surface area contributed by atoms with Crippen molar-refractivity contribution in [3.63, 3.8) is 0 Å². The largest absolute Gasteiger partial charge is 0.481 e. The smallest absolute Gasteiger partial charge is 0.321 e. The van der Waals surface area contributed by atoms with Crippen LogP contribution in [-0.4, -0.2) is 29.6 Å². The summed E-state index contributed by atoms with van der Waals surface area (Å²) in [6.45, 7) is 0.366. The molecule has 0 bridgehead atoms. The fourth-order valence-corrected chi connectivity index (χ4v) is 1.07. The lowest BCUT2D eigenvalue weighted by Gasteiger charge is -2.04. The number of aliphatic carboxylic acids is 1. The number of hydrogen-bond donors (Lipinski definition) is 3. The summed E-state index contributed by atoms with van der Waals surface area (Å²) in [7, 11) is 0. The summed E-state index contributed by atoms with van der Waals surface area (Å²) < 4.78 is 0. The number of rotatable bonds is 7. The first-order valence-electron chi connectivity index (χ1n) is 5.22. The molecule has 0 aliphatic carbocycles. The predicted octanol–water partition coefficient (Wildman–Crippen LogP) is 0.371. The molecule has 0 atom stereocenters. The Morgan fingerprint density at radius 3 is 2.47 bits per heavy atom. The van der Waals surface area contributed by atoms with Crippen LogP contribution in [0.15, 0.2) is 0 Å². The van der Waals surface area contributed by atoms with E-state index in [0.717, 1.165) is 0 Å². The fraction of sp³-hybridized carbons (Fsp3) is 0.600. The van der Waals surface area contributed by atoms with Crippen LogP contribution in [0.3, 0.4) is 0 Å². The number of nitrogens with zero attached hydrogens (tertiary/aromatic N) is 1. The minimum atomic E-state index is -0.835. The van der Waals surface area contributed by atoms with Gasteiger partial charge in [0.1, 0.15) is 6.42 Å². The average molecular weight is 241 g/mol. The van der Waals surface area contributed by atoms with Crippen molar-refractivity contribution < 1.29 is 19.5 Å². The standard InChI is InChI=1S/C10H15N3O4/c11-6-5-8(14)13-10(17)12-7-3-1-2-4-9(15)16/h1-5,7H2,(H,15,16)(H2,12,13,14,17). The molecular weight excluding hydrogens is 226 g/mol. The lowest BCUT2D eigenvalue weighted by Crippen LogP contribution is -2.39. The van der Waals surface area contributed by atoms with E-state index in [9.17, 15) is 14.4 Å². The van der Waals surface area contributed by atoms with E-state index in [1.165, 1.54) is 0 Å². The zero-order chi connectivity index (χ0) is 13.1. The highest BCUT2D eigenvalue weighted by atomic mass is 16.4. The van der Waals surface area contributed by atoms with Gasteiger partial charge in [-0.3, -0.25) is 14.9 Å². The maximum atomic E-state index is 11.0. The third kappa shape index (κ3) is 10.2. The van der Waals surface area contributed by atoms with Crippen molar-refractivity contribution in [2.45, 2.75) is 32.1 Å². The Labute approximate surface area is 98.8 Å². The zero-order valence-electron chi connectivity index (χ0n) is 9.36. The number of hydrogen-bond acceptors (Lipinski definition) is 4. The van der Waals surface area contributed by atoms with Crippen LogP contribution in [0, 0.1) is 11.3 Å². The topological polar surface area (TPSA) is 119 Å². The van der Waals surface area contributed by atoms with Gasteiger partial charge in [0.25, 0.3) is 0 Å². The van der Waals surface area contributed by atoms with E-state index in [1.54, 1.807) is 6.07 Å². The van der Waals surface area contributed by atoms with Crippen LogP contribution in [0.25, 0.3) is 0 Å². The minimum absolute atomic E-state index is 0.118. The van der Waals surface area contributed by atoms with Gasteiger partial charge >= 0.3 is 12.0 Å². The molecule has 0 saturated carbocycles. The Morgan fingerprint density at radius 2 is 1.88 bits per heavy atom. The van der Waals surface area contributed by atoms with Gasteiger partial charge in [0.2, 0.25) is 5.91 Å². The Bertz CT molecular complexity index is 322. The number of imide groups is 1. The maximum Gasteiger partial charge on any atom is 0.321 e. The summed E-state index contributed by atoms with van der Waals surface area (Å²) >= 11 is 0. The molecule has 0 aromatic carbocycles. The van der Waals surface area contributed by atoms with Crippen molar-refractivity contribution >= 4 is 17.9 Å². The van der Waals surface area contributed by atoms with Gasteiger partial charge in [0.15, 0.2) is 0 Å². The normalized spacial score (nSPS) is 9.12. The predicted molar refractivity (Wildman–Crippen MR) is 57.9 cm³/mol. The van der Waals surface area contributed by atoms with Crippen LogP contribution in [0.4, 0.5) is 4.79 Å². The first-order chi connectivity index (χ1) is 8.06. The number of carbonyl (C=O) groups excluding carboxylic acids is 2. The number of carboxylic acid groups (broad SMARTS) is 1. The number of amides is 3. The molecule has 0 aromatic heterocycles. The molecule has 0 heterocycles. The zero-order valence-corrected chi connectivity index (χ0v) is 9.36. The van der Waals surface area contributed by atoms with Gasteiger partial charge in [0.05, 0.1) is 6.07 Å². The Hall–Kier alpha value is -2.10. The van der Waals surface area contributed by atoms with Crippen LogP contribution in [0.2, 0.25) is 0 Å². The van der Waals surface area contributed by atoms with Gasteiger partial charge in [-0.15, -0.1) is 0 Å². The van der Waals surface area contributed by atoms with Crippen LogP contribution in [0.1, 0.15) is 32.1 Å². The van der Waals surface area contributed by atoms with E-state index in [2.05, 4.69) is 5.32 Å². The third-order valence-corrected chi connectivity index (χ3v) is 1.85. The quantitative estimate of drug-likeness (QED) is 0.556. The lowest BCUT2D eigenvalue weighted by molar-refractivity contribution is -0.137. The van der Waals surface area contributed by atoms with E-state index in [4.69, 9.17) is 10.4 Å². The lowest BCUT2D eigenvalue weighted by atomic mass is 10.2. The number of nitrogens with one attached hydrogen (secondary N) is 2. The van der Waals surface area contributed by atoms with Gasteiger partial charge in [-0.2, -0.15) is 5.26 Å². The summed E-state index contributed by atoms with van der Waals surface area (Å²) in [4.78, 5) is 32.0. The number of carboxylic acids is 1. The molecular formula is C10H15N3O4. The second kappa shape index (κ2) is 9.15. The van der Waals surface area contributed by atoms with E-state index in [1.807, 2.05) is 5.32 Å². The van der Waals surface area contributed by atoms with E-state index < -0.39 is 17.9 Å². The summed E-state index contributed by atoms with van der Waals surface area (Å²) in [5.41, 5.74) is 0. The molecule has 0 rings (SSSR count). The molecule has 0 aromatic rings. The molecule has 0 unspecified atom stereocenters. The van der Waals surface area contributed by atoms with Crippen molar-refractivity contribution in [3.8, 4) is 6.07 Å². The van der Waals surface area contributed by atoms with Gasteiger partial charge in [-0.05, 0) is 12.8 Å². The van der Waals surface area contributed by atoms with E-state index in [0.29, 0.717) is 25.8 Å². The molecule has 0 spiro atoms. The van der Waals surface area contributed by atoms with E-state index in [-0.39, 0.29) is 12.8 Å². The molecule has 17 heavy (non-hydrogen) atoms. The maximum absolute atomic E-state index is 11.0. The van der Waals surface area contributed by atoms with Crippen molar-refractivity contribution in [1.29, 1.82) is 5.26 Å². The summed E-state index contributed by atoms with van der Waals surface area (Å²) in [6.07, 6.45) is 1.66. The molecule has 0 aliphatic rings. The monoisotopic (exact) mass is 241 g/mol. The highest BCUT2D eigenvalue weighted by Crippen LogP contribution is 1.98. The van der Waals surface area contributed by atoms with Crippen LogP contribution >= 0.6 is 0 Å².